The van der Waals surface area contributed by atoms with Gasteiger partial charge in [-0.1, -0.05) is 0 Å². The van der Waals surface area contributed by atoms with Gasteiger partial charge in [0.05, 0.1) is 5.56 Å². The highest BCUT2D eigenvalue weighted by Gasteiger charge is 2.11. The van der Waals surface area contributed by atoms with Crippen LogP contribution in [-0.4, -0.2) is 30.2 Å². The minimum Gasteiger partial charge on any atom is -0.485 e. The summed E-state index contributed by atoms with van der Waals surface area (Å²) in [5.41, 5.74) is -0.288. The molecule has 1 aromatic carbocycles. The Morgan fingerprint density at radius 2 is 2.24 bits per heavy atom. The van der Waals surface area contributed by atoms with Gasteiger partial charge in [0.2, 0.25) is 6.08 Å². The Bertz CT molecular complexity index is 469. The van der Waals surface area contributed by atoms with E-state index in [0.29, 0.717) is 0 Å². The summed E-state index contributed by atoms with van der Waals surface area (Å²) in [5.74, 6) is -1.33. The molecule has 0 spiro atoms. The number of alkyl halides is 2. The number of nitrogens with zero attached hydrogens (tertiary/aromatic N) is 1. The zero-order valence-corrected chi connectivity index (χ0v) is 8.39. The Kier molecular flexibility index (Phi) is 4.30. The standard InChI is InChI=1S/C10H7F2NO4/c11-9(12)4-17-8-2-1-6(10(15)16)3-7(8)13-5-14/h1-3,9H,4H2,(H,15,16). The van der Waals surface area contributed by atoms with E-state index < -0.39 is 19.0 Å². The number of hydrogen-bond donors (Lipinski definition) is 1. The Hall–Kier alpha value is -2.27. The van der Waals surface area contributed by atoms with E-state index in [2.05, 4.69) is 9.73 Å². The fourth-order valence-corrected chi connectivity index (χ4v) is 1.06. The summed E-state index contributed by atoms with van der Waals surface area (Å²) in [7, 11) is 0. The Morgan fingerprint density at radius 3 is 2.76 bits per heavy atom. The summed E-state index contributed by atoms with van der Waals surface area (Å²) < 4.78 is 28.5. The second-order valence-corrected chi connectivity index (χ2v) is 2.89. The zero-order valence-electron chi connectivity index (χ0n) is 8.39. The van der Waals surface area contributed by atoms with Crippen LogP contribution in [0.1, 0.15) is 10.4 Å². The van der Waals surface area contributed by atoms with Gasteiger partial charge in [0.1, 0.15) is 18.0 Å². The van der Waals surface area contributed by atoms with E-state index in [-0.39, 0.29) is 17.0 Å². The molecule has 0 atom stereocenters. The summed E-state index contributed by atoms with van der Waals surface area (Å²) in [6.45, 7) is -0.867. The number of ether oxygens (including phenoxy) is 1. The predicted molar refractivity (Wildman–Crippen MR) is 52.7 cm³/mol. The Labute approximate surface area is 94.3 Å². The molecule has 1 N–H and O–H groups in total. The number of benzene rings is 1. The number of aromatic carboxylic acids is 1. The van der Waals surface area contributed by atoms with E-state index in [0.717, 1.165) is 18.2 Å². The van der Waals surface area contributed by atoms with Gasteiger partial charge in [0.15, 0.2) is 0 Å². The minimum absolute atomic E-state index is 0.0985. The lowest BCUT2D eigenvalue weighted by Crippen LogP contribution is -2.07. The van der Waals surface area contributed by atoms with Crippen molar-refractivity contribution in [3.8, 4) is 5.75 Å². The van der Waals surface area contributed by atoms with Crippen LogP contribution in [0, 0.1) is 0 Å². The lowest BCUT2D eigenvalue weighted by Gasteiger charge is -2.07. The first kappa shape index (κ1) is 12.8. The maximum atomic E-state index is 11.9. The van der Waals surface area contributed by atoms with Gasteiger partial charge in [0.25, 0.3) is 6.43 Å². The molecule has 0 fully saturated rings. The van der Waals surface area contributed by atoms with Crippen LogP contribution in [0.4, 0.5) is 14.5 Å². The molecule has 1 aromatic rings. The number of carboxylic acid groups (broad SMARTS) is 1. The molecule has 0 radical (unpaired) electrons. The topological polar surface area (TPSA) is 76.0 Å². The molecule has 0 bridgehead atoms. The molecule has 7 heteroatoms. The van der Waals surface area contributed by atoms with Gasteiger partial charge in [-0.3, -0.25) is 0 Å². The van der Waals surface area contributed by atoms with Gasteiger partial charge in [-0.2, -0.15) is 4.99 Å². The highest BCUT2D eigenvalue weighted by Crippen LogP contribution is 2.28. The quantitative estimate of drug-likeness (QED) is 0.633. The largest absolute Gasteiger partial charge is 0.485 e. The second-order valence-electron chi connectivity index (χ2n) is 2.89. The van der Waals surface area contributed by atoms with Crippen LogP contribution in [-0.2, 0) is 4.79 Å². The maximum Gasteiger partial charge on any atom is 0.335 e. The molecule has 0 amide bonds. The Morgan fingerprint density at radius 1 is 1.53 bits per heavy atom. The molecular formula is C10H7F2NO4. The van der Waals surface area contributed by atoms with Crippen molar-refractivity contribution in [3.05, 3.63) is 23.8 Å². The molecule has 5 nitrogen and oxygen atoms in total. The van der Waals surface area contributed by atoms with Gasteiger partial charge in [-0.25, -0.2) is 18.4 Å². The van der Waals surface area contributed by atoms with Crippen molar-refractivity contribution in [1.29, 1.82) is 0 Å². The van der Waals surface area contributed by atoms with E-state index in [9.17, 15) is 18.4 Å². The SMILES string of the molecule is O=C=Nc1cc(C(=O)O)ccc1OCC(F)F. The van der Waals surface area contributed by atoms with Gasteiger partial charge in [-0.15, -0.1) is 0 Å². The first-order valence-corrected chi connectivity index (χ1v) is 4.40. The number of rotatable bonds is 5. The summed E-state index contributed by atoms with van der Waals surface area (Å²) in [6, 6.07) is 3.35. The summed E-state index contributed by atoms with van der Waals surface area (Å²) in [5, 5.41) is 8.69. The monoisotopic (exact) mass is 243 g/mol. The van der Waals surface area contributed by atoms with E-state index in [1.165, 1.54) is 6.08 Å². The molecule has 0 saturated heterocycles. The molecule has 0 saturated carbocycles. The summed E-state index contributed by atoms with van der Waals surface area (Å²) in [6.07, 6.45) is -1.49. The zero-order chi connectivity index (χ0) is 12.8. The van der Waals surface area contributed by atoms with Crippen LogP contribution in [0.15, 0.2) is 23.2 Å². The molecule has 0 unspecified atom stereocenters. The Balaban J connectivity index is 3.04. The molecular weight excluding hydrogens is 236 g/mol. The second kappa shape index (κ2) is 5.72. The van der Waals surface area contributed by atoms with Crippen molar-refractivity contribution < 1.29 is 28.2 Å². The van der Waals surface area contributed by atoms with Crippen molar-refractivity contribution in [1.82, 2.24) is 0 Å². The molecule has 1 rings (SSSR count). The van der Waals surface area contributed by atoms with E-state index in [4.69, 9.17) is 5.11 Å². The number of carbonyl (C=O) groups is 1. The first-order chi connectivity index (χ1) is 8.04. The molecule has 0 aliphatic heterocycles. The van der Waals surface area contributed by atoms with Crippen LogP contribution >= 0.6 is 0 Å². The smallest absolute Gasteiger partial charge is 0.335 e. The molecule has 0 heterocycles. The van der Waals surface area contributed by atoms with Gasteiger partial charge in [0, 0.05) is 0 Å². The average Bonchev–Trinajstić information content (AvgIpc) is 2.27. The fourth-order valence-electron chi connectivity index (χ4n) is 1.06. The number of aliphatic imine (C=N–C) groups is 1. The van der Waals surface area contributed by atoms with E-state index >= 15 is 0 Å². The molecule has 0 aliphatic rings. The molecule has 17 heavy (non-hydrogen) atoms. The lowest BCUT2D eigenvalue weighted by atomic mass is 10.2. The van der Waals surface area contributed by atoms with Crippen molar-refractivity contribution in [2.24, 2.45) is 4.99 Å². The normalized spacial score (nSPS) is 9.82. The molecule has 0 aromatic heterocycles. The summed E-state index contributed by atoms with van der Waals surface area (Å²) >= 11 is 0. The third-order valence-electron chi connectivity index (χ3n) is 1.74. The van der Waals surface area contributed by atoms with E-state index in [1.54, 1.807) is 0 Å². The van der Waals surface area contributed by atoms with Crippen LogP contribution < -0.4 is 4.74 Å². The van der Waals surface area contributed by atoms with Crippen LogP contribution in [0.25, 0.3) is 0 Å². The predicted octanol–water partition coefficient (Wildman–Crippen LogP) is 2.00. The average molecular weight is 243 g/mol. The number of carbonyl (C=O) groups excluding carboxylic acids is 1. The van der Waals surface area contributed by atoms with Crippen molar-refractivity contribution >= 4 is 17.7 Å². The van der Waals surface area contributed by atoms with Crippen molar-refractivity contribution in [2.75, 3.05) is 6.61 Å². The van der Waals surface area contributed by atoms with E-state index in [1.807, 2.05) is 0 Å². The van der Waals surface area contributed by atoms with Gasteiger partial charge < -0.3 is 9.84 Å². The summed E-state index contributed by atoms with van der Waals surface area (Å²) in [4.78, 5) is 23.9. The van der Waals surface area contributed by atoms with Crippen LogP contribution in [0.3, 0.4) is 0 Å². The number of isocyanates is 1. The van der Waals surface area contributed by atoms with Crippen LogP contribution in [0.2, 0.25) is 0 Å². The lowest BCUT2D eigenvalue weighted by molar-refractivity contribution is 0.0695. The van der Waals surface area contributed by atoms with Crippen LogP contribution in [0.5, 0.6) is 5.75 Å². The minimum atomic E-state index is -2.68. The highest BCUT2D eigenvalue weighted by molar-refractivity contribution is 5.89. The fraction of sp³-hybridized carbons (Fsp3) is 0.200. The third-order valence-corrected chi connectivity index (χ3v) is 1.74. The highest BCUT2D eigenvalue weighted by atomic mass is 19.3. The number of halogens is 2. The van der Waals surface area contributed by atoms with Gasteiger partial charge >= 0.3 is 5.97 Å². The van der Waals surface area contributed by atoms with Crippen molar-refractivity contribution in [3.63, 3.8) is 0 Å². The van der Waals surface area contributed by atoms with Gasteiger partial charge in [-0.05, 0) is 18.2 Å². The third kappa shape index (κ3) is 3.66. The molecule has 0 aliphatic carbocycles. The molecule has 90 valence electrons. The first-order valence-electron chi connectivity index (χ1n) is 4.40. The maximum absolute atomic E-state index is 11.9. The van der Waals surface area contributed by atoms with Crippen molar-refractivity contribution in [2.45, 2.75) is 6.43 Å². The number of carboxylic acids is 1. The number of hydrogen-bond acceptors (Lipinski definition) is 4.